The average Bonchev–Trinajstić information content (AvgIpc) is 3.19. The maximum absolute atomic E-state index is 12.7. The summed E-state index contributed by atoms with van der Waals surface area (Å²) in [6.45, 7) is 10.3. The standard InChI is InChI=1S/C23H24ClN5OS/c1-12(2)8-20-27-29-21(25)18(22(30)26-23(29)31-20)11-16-10-14(4)28(15(16)5)19-7-6-17(24)9-13(19)3/h6-7,9-12,25H,8H2,1-5H3/b18-11+,25-21?. The lowest BCUT2D eigenvalue weighted by Gasteiger charge is -2.20. The molecule has 0 saturated heterocycles. The van der Waals surface area contributed by atoms with Crippen LogP contribution in [0.2, 0.25) is 5.02 Å². The minimum absolute atomic E-state index is 0.0636. The van der Waals surface area contributed by atoms with Crippen LogP contribution in [0.1, 0.15) is 42.8 Å². The molecule has 0 aliphatic carbocycles. The number of nitrogens with one attached hydrogen (secondary N) is 1. The van der Waals surface area contributed by atoms with Crippen molar-refractivity contribution in [1.82, 2.24) is 9.58 Å². The number of rotatable bonds is 4. The summed E-state index contributed by atoms with van der Waals surface area (Å²) in [5.41, 5.74) is 5.22. The number of amides is 1. The Morgan fingerprint density at radius 1 is 1.23 bits per heavy atom. The van der Waals surface area contributed by atoms with E-state index in [1.165, 1.54) is 16.8 Å². The third-order valence-corrected chi connectivity index (χ3v) is 6.41. The third-order valence-electron chi connectivity index (χ3n) is 5.25. The first-order valence-electron chi connectivity index (χ1n) is 10.1. The SMILES string of the molecule is Cc1cc(Cl)ccc1-n1c(C)cc(/C=C2\C(=N)N3N=C(CC(C)C)SC3=NC2=O)c1C. The molecular formula is C23H24ClN5OS. The number of carbonyl (C=O) groups is 1. The Bertz CT molecular complexity index is 1200. The van der Waals surface area contributed by atoms with E-state index < -0.39 is 5.91 Å². The van der Waals surface area contributed by atoms with Gasteiger partial charge in [0.1, 0.15) is 5.04 Å². The molecule has 0 radical (unpaired) electrons. The molecule has 6 nitrogen and oxygen atoms in total. The maximum Gasteiger partial charge on any atom is 0.283 e. The highest BCUT2D eigenvalue weighted by atomic mass is 35.5. The Balaban J connectivity index is 1.72. The summed E-state index contributed by atoms with van der Waals surface area (Å²) in [6, 6.07) is 7.81. The number of aryl methyl sites for hydroxylation is 2. The van der Waals surface area contributed by atoms with Crippen molar-refractivity contribution < 1.29 is 4.79 Å². The van der Waals surface area contributed by atoms with Gasteiger partial charge in [-0.1, -0.05) is 25.4 Å². The molecule has 4 rings (SSSR count). The van der Waals surface area contributed by atoms with Crippen molar-refractivity contribution in [2.24, 2.45) is 16.0 Å². The lowest BCUT2D eigenvalue weighted by Crippen LogP contribution is -2.35. The smallest absolute Gasteiger partial charge is 0.283 e. The van der Waals surface area contributed by atoms with Gasteiger partial charge in [-0.2, -0.15) is 15.1 Å². The Hall–Kier alpha value is -2.64. The summed E-state index contributed by atoms with van der Waals surface area (Å²) in [4.78, 5) is 16.9. The van der Waals surface area contributed by atoms with Crippen LogP contribution in [-0.4, -0.2) is 31.5 Å². The monoisotopic (exact) mass is 453 g/mol. The number of carbonyl (C=O) groups excluding carboxylic acids is 1. The number of halogens is 1. The number of benzene rings is 1. The molecule has 0 bridgehead atoms. The molecule has 3 heterocycles. The zero-order chi connectivity index (χ0) is 22.4. The van der Waals surface area contributed by atoms with Crippen LogP contribution in [0, 0.1) is 32.1 Å². The number of hydrogen-bond acceptors (Lipinski definition) is 4. The molecule has 0 atom stereocenters. The molecule has 2 aromatic rings. The van der Waals surface area contributed by atoms with Gasteiger partial charge in [-0.05, 0) is 79.9 Å². The van der Waals surface area contributed by atoms with Gasteiger partial charge in [-0.3, -0.25) is 10.2 Å². The van der Waals surface area contributed by atoms with Crippen LogP contribution < -0.4 is 0 Å². The first kappa shape index (κ1) is 21.6. The van der Waals surface area contributed by atoms with Crippen LogP contribution in [0.4, 0.5) is 0 Å². The van der Waals surface area contributed by atoms with E-state index in [9.17, 15) is 4.79 Å². The van der Waals surface area contributed by atoms with E-state index in [0.717, 1.165) is 39.7 Å². The summed E-state index contributed by atoms with van der Waals surface area (Å²) in [5, 5.41) is 16.6. The normalized spacial score (nSPS) is 17.5. The molecular weight excluding hydrogens is 430 g/mol. The molecule has 160 valence electrons. The van der Waals surface area contributed by atoms with Crippen LogP contribution in [0.3, 0.4) is 0 Å². The second-order valence-corrected chi connectivity index (χ2v) is 9.68. The molecule has 8 heteroatoms. The molecule has 0 unspecified atom stereocenters. The van der Waals surface area contributed by atoms with Crippen LogP contribution in [0.15, 0.2) is 39.9 Å². The van der Waals surface area contributed by atoms with E-state index in [1.807, 2.05) is 45.0 Å². The van der Waals surface area contributed by atoms with E-state index in [0.29, 0.717) is 16.1 Å². The predicted molar refractivity (Wildman–Crippen MR) is 129 cm³/mol. The van der Waals surface area contributed by atoms with Crippen molar-refractivity contribution in [3.8, 4) is 5.69 Å². The topological polar surface area (TPSA) is 73.8 Å². The first-order valence-corrected chi connectivity index (χ1v) is 11.3. The highest BCUT2D eigenvalue weighted by Gasteiger charge is 2.35. The Kier molecular flexibility index (Phi) is 5.66. The van der Waals surface area contributed by atoms with Gasteiger partial charge in [0.05, 0.1) is 5.57 Å². The number of hydrazone groups is 1. The number of thioether (sulfide) groups is 1. The molecule has 2 aliphatic heterocycles. The zero-order valence-electron chi connectivity index (χ0n) is 18.2. The van der Waals surface area contributed by atoms with Crippen LogP contribution in [-0.2, 0) is 4.79 Å². The summed E-state index contributed by atoms with van der Waals surface area (Å²) in [7, 11) is 0. The molecule has 31 heavy (non-hydrogen) atoms. The van der Waals surface area contributed by atoms with Crippen molar-refractivity contribution in [2.45, 2.75) is 41.0 Å². The van der Waals surface area contributed by atoms with Crippen molar-refractivity contribution in [3.63, 3.8) is 0 Å². The second kappa shape index (κ2) is 8.13. The van der Waals surface area contributed by atoms with Crippen molar-refractivity contribution in [3.05, 3.63) is 57.4 Å². The van der Waals surface area contributed by atoms with Gasteiger partial charge in [0.25, 0.3) is 5.91 Å². The van der Waals surface area contributed by atoms with Gasteiger partial charge in [-0.25, -0.2) is 0 Å². The van der Waals surface area contributed by atoms with Gasteiger partial charge in [0.15, 0.2) is 5.84 Å². The lowest BCUT2D eigenvalue weighted by atomic mass is 10.1. The number of amidine groups is 2. The summed E-state index contributed by atoms with van der Waals surface area (Å²) >= 11 is 7.49. The molecule has 1 aromatic carbocycles. The molecule has 1 aromatic heterocycles. The van der Waals surface area contributed by atoms with E-state index >= 15 is 0 Å². The van der Waals surface area contributed by atoms with Crippen molar-refractivity contribution in [2.75, 3.05) is 0 Å². The Labute approximate surface area is 191 Å². The number of fused-ring (bicyclic) bond motifs is 1. The van der Waals surface area contributed by atoms with Gasteiger partial charge >= 0.3 is 0 Å². The minimum Gasteiger partial charge on any atom is -0.318 e. The van der Waals surface area contributed by atoms with E-state index in [-0.39, 0.29) is 11.4 Å². The highest BCUT2D eigenvalue weighted by molar-refractivity contribution is 8.26. The van der Waals surface area contributed by atoms with Crippen LogP contribution in [0.25, 0.3) is 11.8 Å². The number of nitrogens with zero attached hydrogens (tertiary/aromatic N) is 4. The predicted octanol–water partition coefficient (Wildman–Crippen LogP) is 5.72. The molecule has 0 spiro atoms. The highest BCUT2D eigenvalue weighted by Crippen LogP contribution is 2.32. The van der Waals surface area contributed by atoms with E-state index in [1.54, 1.807) is 6.08 Å². The average molecular weight is 454 g/mol. The van der Waals surface area contributed by atoms with Crippen molar-refractivity contribution in [1.29, 1.82) is 5.41 Å². The largest absolute Gasteiger partial charge is 0.318 e. The summed E-state index contributed by atoms with van der Waals surface area (Å²) in [6.07, 6.45) is 2.54. The Morgan fingerprint density at radius 2 is 1.97 bits per heavy atom. The second-order valence-electron chi connectivity index (χ2n) is 8.20. The molecule has 1 N–H and O–H groups in total. The van der Waals surface area contributed by atoms with Gasteiger partial charge in [0.2, 0.25) is 5.17 Å². The molecule has 0 saturated carbocycles. The number of aliphatic imine (C=N–C) groups is 1. The number of aromatic nitrogens is 1. The fourth-order valence-electron chi connectivity index (χ4n) is 3.79. The number of hydrogen-bond donors (Lipinski definition) is 1. The van der Waals surface area contributed by atoms with Crippen LogP contribution in [0.5, 0.6) is 0 Å². The summed E-state index contributed by atoms with van der Waals surface area (Å²) in [5.74, 6) is 0.0979. The fraction of sp³-hybridized carbons (Fsp3) is 0.304. The summed E-state index contributed by atoms with van der Waals surface area (Å²) < 4.78 is 2.13. The van der Waals surface area contributed by atoms with E-state index in [2.05, 4.69) is 28.5 Å². The fourth-order valence-corrected chi connectivity index (χ4v) is 5.12. The lowest BCUT2D eigenvalue weighted by molar-refractivity contribution is -0.114. The van der Waals surface area contributed by atoms with Gasteiger partial charge in [0, 0.05) is 28.5 Å². The maximum atomic E-state index is 12.7. The minimum atomic E-state index is -0.405. The van der Waals surface area contributed by atoms with Gasteiger partial charge in [-0.15, -0.1) is 0 Å². The Morgan fingerprint density at radius 3 is 2.65 bits per heavy atom. The quantitative estimate of drug-likeness (QED) is 0.601. The molecule has 2 aliphatic rings. The molecule has 1 amide bonds. The first-order chi connectivity index (χ1) is 14.7. The van der Waals surface area contributed by atoms with Crippen molar-refractivity contribution >= 4 is 51.4 Å². The third kappa shape index (κ3) is 4.00. The molecule has 0 fully saturated rings. The van der Waals surface area contributed by atoms with Gasteiger partial charge < -0.3 is 4.57 Å². The van der Waals surface area contributed by atoms with E-state index in [4.69, 9.17) is 17.0 Å². The van der Waals surface area contributed by atoms with Crippen LogP contribution >= 0.6 is 23.4 Å². The zero-order valence-corrected chi connectivity index (χ0v) is 19.7.